The van der Waals surface area contributed by atoms with E-state index in [1.807, 2.05) is 10.9 Å². The number of aromatic nitrogens is 3. The SMILES string of the molecule is C[C@H]1CN(I)C[C@@H](N)[C@@H]1n1ccnn1. The summed E-state index contributed by atoms with van der Waals surface area (Å²) in [4.78, 5) is 0. The van der Waals surface area contributed by atoms with Crippen molar-refractivity contribution in [3.05, 3.63) is 12.4 Å². The molecule has 78 valence electrons. The van der Waals surface area contributed by atoms with Crippen molar-refractivity contribution < 1.29 is 0 Å². The summed E-state index contributed by atoms with van der Waals surface area (Å²) in [7, 11) is 0. The number of nitrogens with two attached hydrogens (primary N) is 1. The fourth-order valence-electron chi connectivity index (χ4n) is 2.09. The molecular weight excluding hydrogens is 293 g/mol. The monoisotopic (exact) mass is 307 g/mol. The molecular formula is C8H14IN5. The first-order valence-corrected chi connectivity index (χ1v) is 5.67. The van der Waals surface area contributed by atoms with Crippen molar-refractivity contribution in [3.8, 4) is 0 Å². The summed E-state index contributed by atoms with van der Waals surface area (Å²) in [5.41, 5.74) is 6.12. The third-order valence-corrected chi connectivity index (χ3v) is 3.45. The highest BCUT2D eigenvalue weighted by atomic mass is 127. The van der Waals surface area contributed by atoms with E-state index < -0.39 is 0 Å². The van der Waals surface area contributed by atoms with Gasteiger partial charge in [-0.2, -0.15) is 0 Å². The minimum atomic E-state index is 0.136. The summed E-state index contributed by atoms with van der Waals surface area (Å²) in [5, 5.41) is 7.86. The van der Waals surface area contributed by atoms with Crippen molar-refractivity contribution in [2.75, 3.05) is 13.1 Å². The lowest BCUT2D eigenvalue weighted by Gasteiger charge is -2.37. The Kier molecular flexibility index (Phi) is 3.03. The van der Waals surface area contributed by atoms with Gasteiger partial charge in [-0.15, -0.1) is 5.10 Å². The van der Waals surface area contributed by atoms with Crippen LogP contribution in [0.5, 0.6) is 0 Å². The average Bonchev–Trinajstić information content (AvgIpc) is 2.54. The highest BCUT2D eigenvalue weighted by molar-refractivity contribution is 14.1. The Morgan fingerprint density at radius 1 is 1.50 bits per heavy atom. The second-order valence-electron chi connectivity index (χ2n) is 3.84. The van der Waals surface area contributed by atoms with Crippen molar-refractivity contribution in [1.82, 2.24) is 18.1 Å². The lowest BCUT2D eigenvalue weighted by molar-refractivity contribution is 0.180. The number of halogens is 1. The van der Waals surface area contributed by atoms with Crippen LogP contribution in [0.1, 0.15) is 13.0 Å². The van der Waals surface area contributed by atoms with Crippen LogP contribution in [0.15, 0.2) is 12.4 Å². The Balaban J connectivity index is 2.18. The summed E-state index contributed by atoms with van der Waals surface area (Å²) in [6.07, 6.45) is 3.60. The smallest absolute Gasteiger partial charge is 0.0738 e. The molecule has 14 heavy (non-hydrogen) atoms. The van der Waals surface area contributed by atoms with E-state index in [1.165, 1.54) is 0 Å². The van der Waals surface area contributed by atoms with Crippen LogP contribution in [-0.2, 0) is 0 Å². The molecule has 2 N–H and O–H groups in total. The van der Waals surface area contributed by atoms with Crippen LogP contribution in [0.25, 0.3) is 0 Å². The number of hydrogen-bond donors (Lipinski definition) is 1. The Morgan fingerprint density at radius 2 is 2.29 bits per heavy atom. The molecule has 1 aromatic rings. The Bertz CT molecular complexity index is 276. The predicted octanol–water partition coefficient (Wildman–Crippen LogP) is 0.448. The van der Waals surface area contributed by atoms with Gasteiger partial charge in [0.15, 0.2) is 0 Å². The zero-order chi connectivity index (χ0) is 10.1. The fraction of sp³-hybridized carbons (Fsp3) is 0.750. The molecule has 0 spiro atoms. The zero-order valence-electron chi connectivity index (χ0n) is 8.05. The van der Waals surface area contributed by atoms with Gasteiger partial charge in [0, 0.05) is 48.2 Å². The molecule has 2 rings (SSSR count). The van der Waals surface area contributed by atoms with E-state index in [2.05, 4.69) is 43.2 Å². The van der Waals surface area contributed by atoms with Crippen molar-refractivity contribution in [1.29, 1.82) is 0 Å². The first-order valence-electron chi connectivity index (χ1n) is 4.70. The first-order chi connectivity index (χ1) is 6.68. The Hall–Kier alpha value is -0.210. The van der Waals surface area contributed by atoms with E-state index in [4.69, 9.17) is 5.73 Å². The minimum Gasteiger partial charge on any atom is -0.325 e. The molecule has 0 unspecified atom stereocenters. The molecule has 1 fully saturated rings. The topological polar surface area (TPSA) is 60.0 Å². The molecule has 1 aromatic heterocycles. The highest BCUT2D eigenvalue weighted by Crippen LogP contribution is 2.27. The fourth-order valence-corrected chi connectivity index (χ4v) is 3.16. The molecule has 5 nitrogen and oxygen atoms in total. The quantitative estimate of drug-likeness (QED) is 0.604. The summed E-state index contributed by atoms with van der Waals surface area (Å²) >= 11 is 2.32. The number of piperidine rings is 1. The van der Waals surface area contributed by atoms with E-state index in [9.17, 15) is 0 Å². The van der Waals surface area contributed by atoms with E-state index in [0.717, 1.165) is 13.1 Å². The van der Waals surface area contributed by atoms with Gasteiger partial charge in [-0.3, -0.25) is 0 Å². The second kappa shape index (κ2) is 4.11. The van der Waals surface area contributed by atoms with Gasteiger partial charge in [0.1, 0.15) is 0 Å². The van der Waals surface area contributed by atoms with Gasteiger partial charge in [-0.25, -0.2) is 7.80 Å². The van der Waals surface area contributed by atoms with Gasteiger partial charge in [0.2, 0.25) is 0 Å². The Morgan fingerprint density at radius 3 is 2.86 bits per heavy atom. The number of nitrogens with zero attached hydrogens (tertiary/aromatic N) is 4. The maximum absolute atomic E-state index is 6.12. The average molecular weight is 307 g/mol. The van der Waals surface area contributed by atoms with Crippen LogP contribution in [-0.4, -0.2) is 37.2 Å². The number of rotatable bonds is 1. The van der Waals surface area contributed by atoms with Gasteiger partial charge in [-0.05, 0) is 5.92 Å². The van der Waals surface area contributed by atoms with E-state index in [1.54, 1.807) is 6.20 Å². The van der Waals surface area contributed by atoms with Gasteiger partial charge in [0.25, 0.3) is 0 Å². The summed E-state index contributed by atoms with van der Waals surface area (Å²) in [6, 6.07) is 0.417. The third-order valence-electron chi connectivity index (χ3n) is 2.66. The van der Waals surface area contributed by atoms with E-state index in [-0.39, 0.29) is 12.1 Å². The molecule has 1 saturated heterocycles. The third kappa shape index (κ3) is 1.91. The zero-order valence-corrected chi connectivity index (χ0v) is 10.2. The standard InChI is InChI=1S/C8H14IN5/c1-6-4-13(9)5-7(10)8(6)14-3-2-11-12-14/h2-3,6-8H,4-5,10H2,1H3/t6-,7+,8+/m0/s1. The normalized spacial score (nSPS) is 34.6. The van der Waals surface area contributed by atoms with E-state index in [0.29, 0.717) is 5.92 Å². The molecule has 1 aliphatic rings. The molecule has 3 atom stereocenters. The summed E-state index contributed by atoms with van der Waals surface area (Å²) < 4.78 is 4.12. The van der Waals surface area contributed by atoms with Crippen LogP contribution < -0.4 is 5.73 Å². The molecule has 0 aromatic carbocycles. The van der Waals surface area contributed by atoms with Crippen molar-refractivity contribution in [3.63, 3.8) is 0 Å². The lowest BCUT2D eigenvalue weighted by atomic mass is 9.92. The van der Waals surface area contributed by atoms with Crippen LogP contribution in [0.4, 0.5) is 0 Å². The summed E-state index contributed by atoms with van der Waals surface area (Å²) in [6.45, 7) is 4.17. The van der Waals surface area contributed by atoms with Crippen LogP contribution in [0.3, 0.4) is 0 Å². The molecule has 2 heterocycles. The molecule has 0 aliphatic carbocycles. The van der Waals surface area contributed by atoms with Gasteiger partial charge in [0.05, 0.1) is 12.2 Å². The van der Waals surface area contributed by atoms with Gasteiger partial charge >= 0.3 is 0 Å². The van der Waals surface area contributed by atoms with Crippen molar-refractivity contribution in [2.24, 2.45) is 11.7 Å². The van der Waals surface area contributed by atoms with Crippen LogP contribution in [0, 0.1) is 5.92 Å². The Labute approximate surface area is 97.1 Å². The minimum absolute atomic E-state index is 0.136. The molecule has 0 amide bonds. The molecule has 6 heteroatoms. The highest BCUT2D eigenvalue weighted by Gasteiger charge is 2.33. The van der Waals surface area contributed by atoms with Crippen molar-refractivity contribution >= 4 is 22.9 Å². The van der Waals surface area contributed by atoms with Crippen LogP contribution in [0.2, 0.25) is 0 Å². The molecule has 1 aliphatic heterocycles. The summed E-state index contributed by atoms with van der Waals surface area (Å²) in [5.74, 6) is 0.511. The van der Waals surface area contributed by atoms with Gasteiger partial charge < -0.3 is 5.73 Å². The predicted molar refractivity (Wildman–Crippen MR) is 61.8 cm³/mol. The van der Waals surface area contributed by atoms with E-state index >= 15 is 0 Å². The largest absolute Gasteiger partial charge is 0.325 e. The van der Waals surface area contributed by atoms with Crippen molar-refractivity contribution in [2.45, 2.75) is 19.0 Å². The van der Waals surface area contributed by atoms with Gasteiger partial charge in [-0.1, -0.05) is 12.1 Å². The second-order valence-corrected chi connectivity index (χ2v) is 5.21. The lowest BCUT2D eigenvalue weighted by Crippen LogP contribution is -2.50. The molecule has 0 bridgehead atoms. The maximum atomic E-state index is 6.12. The molecule has 0 saturated carbocycles. The number of hydrogen-bond acceptors (Lipinski definition) is 4. The maximum Gasteiger partial charge on any atom is 0.0738 e. The first kappa shape index (κ1) is 10.3. The van der Waals surface area contributed by atoms with Crippen LogP contribution >= 0.6 is 22.9 Å². The molecule has 0 radical (unpaired) electrons.